The summed E-state index contributed by atoms with van der Waals surface area (Å²) in [7, 11) is 4.06. The van der Waals surface area contributed by atoms with Crippen molar-refractivity contribution in [1.29, 1.82) is 0 Å². The highest BCUT2D eigenvalue weighted by molar-refractivity contribution is 7.07. The van der Waals surface area contributed by atoms with Gasteiger partial charge >= 0.3 is 6.03 Å². The Balaban J connectivity index is 1.71. The molecule has 0 spiro atoms. The molecule has 1 aliphatic rings. The molecule has 2 atom stereocenters. The summed E-state index contributed by atoms with van der Waals surface area (Å²) in [5.41, 5.74) is 1.24. The lowest BCUT2D eigenvalue weighted by Crippen LogP contribution is -2.49. The van der Waals surface area contributed by atoms with Crippen molar-refractivity contribution in [2.45, 2.75) is 19.0 Å². The van der Waals surface area contributed by atoms with Gasteiger partial charge in [0.2, 0.25) is 0 Å². The van der Waals surface area contributed by atoms with Crippen LogP contribution in [0.2, 0.25) is 0 Å². The van der Waals surface area contributed by atoms with Crippen LogP contribution in [0.1, 0.15) is 18.5 Å². The van der Waals surface area contributed by atoms with Crippen LogP contribution in [-0.4, -0.2) is 75.4 Å². The van der Waals surface area contributed by atoms with Crippen molar-refractivity contribution in [2.24, 2.45) is 0 Å². The van der Waals surface area contributed by atoms with Gasteiger partial charge in [-0.1, -0.05) is 0 Å². The van der Waals surface area contributed by atoms with Crippen LogP contribution < -0.4 is 10.6 Å². The van der Waals surface area contributed by atoms with Crippen molar-refractivity contribution >= 4 is 17.4 Å². The number of carbonyl (C=O) groups excluding carboxylic acids is 1. The number of hydrogen-bond acceptors (Lipinski definition) is 5. The smallest absolute Gasteiger partial charge is 0.314 e. The summed E-state index contributed by atoms with van der Waals surface area (Å²) >= 11 is 1.68. The number of amides is 2. The Bertz CT molecular complexity index is 461. The SMILES string of the molecule is CC(CNC(=O)NCC(c1ccsc1)N(C)C)N1CCOCC1. The molecule has 0 aromatic carbocycles. The normalized spacial score (nSPS) is 18.6. The molecule has 1 aromatic rings. The van der Waals surface area contributed by atoms with E-state index >= 15 is 0 Å². The minimum absolute atomic E-state index is 0.104. The van der Waals surface area contributed by atoms with Crippen molar-refractivity contribution in [3.05, 3.63) is 22.4 Å². The van der Waals surface area contributed by atoms with Crippen LogP contribution in [0.15, 0.2) is 16.8 Å². The lowest BCUT2D eigenvalue weighted by atomic mass is 10.1. The predicted octanol–water partition coefficient (Wildman–Crippen LogP) is 1.37. The topological polar surface area (TPSA) is 56.8 Å². The van der Waals surface area contributed by atoms with Crippen molar-refractivity contribution < 1.29 is 9.53 Å². The molecule has 2 rings (SSSR count). The molecule has 0 saturated carbocycles. The number of carbonyl (C=O) groups is 1. The van der Waals surface area contributed by atoms with Crippen molar-refractivity contribution in [3.63, 3.8) is 0 Å². The number of urea groups is 1. The number of likely N-dealkylation sites (N-methyl/N-ethyl adjacent to an activating group) is 1. The van der Waals surface area contributed by atoms with Gasteiger partial charge in [0.1, 0.15) is 0 Å². The number of nitrogens with zero attached hydrogens (tertiary/aromatic N) is 2. The molecule has 130 valence electrons. The molecule has 23 heavy (non-hydrogen) atoms. The monoisotopic (exact) mass is 340 g/mol. The zero-order chi connectivity index (χ0) is 16.7. The molecule has 1 aliphatic heterocycles. The second-order valence-electron chi connectivity index (χ2n) is 6.12. The maximum absolute atomic E-state index is 12.0. The van der Waals surface area contributed by atoms with Gasteiger partial charge in [-0.2, -0.15) is 11.3 Å². The summed E-state index contributed by atoms with van der Waals surface area (Å²) in [4.78, 5) is 16.5. The number of hydrogen-bond donors (Lipinski definition) is 2. The van der Waals surface area contributed by atoms with Crippen molar-refractivity contribution in [2.75, 3.05) is 53.5 Å². The fraction of sp³-hybridized carbons (Fsp3) is 0.688. The quantitative estimate of drug-likeness (QED) is 0.787. The van der Waals surface area contributed by atoms with E-state index in [1.807, 2.05) is 14.1 Å². The van der Waals surface area contributed by atoms with Crippen LogP contribution in [0.4, 0.5) is 4.79 Å². The predicted molar refractivity (Wildman–Crippen MR) is 94.0 cm³/mol. The molecule has 2 amide bonds. The Morgan fingerprint density at radius 3 is 2.65 bits per heavy atom. The molecule has 7 heteroatoms. The minimum Gasteiger partial charge on any atom is -0.379 e. The van der Waals surface area contributed by atoms with Crippen molar-refractivity contribution in [1.82, 2.24) is 20.4 Å². The van der Waals surface area contributed by atoms with Gasteiger partial charge in [-0.15, -0.1) is 0 Å². The Morgan fingerprint density at radius 1 is 1.35 bits per heavy atom. The molecule has 0 aliphatic carbocycles. The zero-order valence-corrected chi connectivity index (χ0v) is 15.1. The third kappa shape index (κ3) is 5.76. The first-order chi connectivity index (χ1) is 11.1. The maximum atomic E-state index is 12.0. The lowest BCUT2D eigenvalue weighted by molar-refractivity contribution is 0.0209. The van der Waals surface area contributed by atoms with E-state index in [4.69, 9.17) is 4.74 Å². The van der Waals surface area contributed by atoms with Gasteiger partial charge < -0.3 is 20.3 Å². The van der Waals surface area contributed by atoms with Gasteiger partial charge in [0.05, 0.1) is 19.3 Å². The van der Waals surface area contributed by atoms with Crippen LogP contribution in [0.5, 0.6) is 0 Å². The summed E-state index contributed by atoms with van der Waals surface area (Å²) in [6, 6.07) is 2.53. The summed E-state index contributed by atoms with van der Waals surface area (Å²) in [5.74, 6) is 0. The maximum Gasteiger partial charge on any atom is 0.314 e. The Morgan fingerprint density at radius 2 is 2.04 bits per heavy atom. The molecule has 1 aromatic heterocycles. The standard InChI is InChI=1S/C16H28N4O2S/c1-13(20-5-7-22-8-6-20)10-17-16(21)18-11-15(19(2)3)14-4-9-23-12-14/h4,9,12-13,15H,5-8,10-11H2,1-3H3,(H2,17,18,21). The summed E-state index contributed by atoms with van der Waals surface area (Å²) < 4.78 is 5.35. The molecular weight excluding hydrogens is 312 g/mol. The third-order valence-corrected chi connectivity index (χ3v) is 4.94. The average Bonchev–Trinajstić information content (AvgIpc) is 3.07. The van der Waals surface area contributed by atoms with Crippen LogP contribution >= 0.6 is 11.3 Å². The van der Waals surface area contributed by atoms with E-state index in [1.54, 1.807) is 11.3 Å². The molecule has 2 N–H and O–H groups in total. The van der Waals surface area contributed by atoms with Gasteiger partial charge in [0, 0.05) is 32.2 Å². The van der Waals surface area contributed by atoms with E-state index in [0.717, 1.165) is 26.3 Å². The molecule has 1 fully saturated rings. The van der Waals surface area contributed by atoms with Gasteiger partial charge in [0.15, 0.2) is 0 Å². The van der Waals surface area contributed by atoms with E-state index in [0.29, 0.717) is 19.1 Å². The number of rotatable bonds is 7. The van der Waals surface area contributed by atoms with E-state index in [-0.39, 0.29) is 12.1 Å². The molecular formula is C16H28N4O2S. The number of nitrogens with one attached hydrogen (secondary N) is 2. The van der Waals surface area contributed by atoms with E-state index < -0.39 is 0 Å². The highest BCUT2D eigenvalue weighted by Gasteiger charge is 2.18. The average molecular weight is 340 g/mol. The highest BCUT2D eigenvalue weighted by atomic mass is 32.1. The molecule has 2 unspecified atom stereocenters. The first-order valence-corrected chi connectivity index (χ1v) is 9.04. The van der Waals surface area contributed by atoms with E-state index in [2.05, 4.69) is 44.2 Å². The lowest BCUT2D eigenvalue weighted by Gasteiger charge is -2.32. The van der Waals surface area contributed by atoms with Crippen molar-refractivity contribution in [3.8, 4) is 0 Å². The van der Waals surface area contributed by atoms with Crippen LogP contribution in [-0.2, 0) is 4.74 Å². The Kier molecular flexibility index (Phi) is 7.29. The summed E-state index contributed by atoms with van der Waals surface area (Å²) in [6.07, 6.45) is 0. The van der Waals surface area contributed by atoms with Gasteiger partial charge in [-0.3, -0.25) is 4.90 Å². The molecule has 1 saturated heterocycles. The second kappa shape index (κ2) is 9.22. The van der Waals surface area contributed by atoms with E-state index in [9.17, 15) is 4.79 Å². The first-order valence-electron chi connectivity index (χ1n) is 8.10. The fourth-order valence-corrected chi connectivity index (χ4v) is 3.41. The highest BCUT2D eigenvalue weighted by Crippen LogP contribution is 2.19. The van der Waals surface area contributed by atoms with Crippen LogP contribution in [0.25, 0.3) is 0 Å². The largest absolute Gasteiger partial charge is 0.379 e. The third-order valence-electron chi connectivity index (χ3n) is 4.23. The van der Waals surface area contributed by atoms with Gasteiger partial charge in [-0.25, -0.2) is 4.79 Å². The van der Waals surface area contributed by atoms with Crippen LogP contribution in [0, 0.1) is 0 Å². The number of ether oxygens (including phenoxy) is 1. The summed E-state index contributed by atoms with van der Waals surface area (Å²) in [6.45, 7) is 6.82. The minimum atomic E-state index is -0.104. The fourth-order valence-electron chi connectivity index (χ4n) is 2.70. The molecule has 0 bridgehead atoms. The Hall–Kier alpha value is -1.15. The Labute approximate surface area is 142 Å². The first kappa shape index (κ1) is 18.2. The summed E-state index contributed by atoms with van der Waals surface area (Å²) in [5, 5.41) is 10.1. The van der Waals surface area contributed by atoms with Gasteiger partial charge in [0.25, 0.3) is 0 Å². The molecule has 0 radical (unpaired) electrons. The molecule has 6 nitrogen and oxygen atoms in total. The second-order valence-corrected chi connectivity index (χ2v) is 6.90. The molecule has 2 heterocycles. The van der Waals surface area contributed by atoms with E-state index in [1.165, 1.54) is 5.56 Å². The van der Waals surface area contributed by atoms with Crippen LogP contribution in [0.3, 0.4) is 0 Å². The zero-order valence-electron chi connectivity index (χ0n) is 14.2. The number of thiophene rings is 1. The number of morpholine rings is 1. The van der Waals surface area contributed by atoms with Gasteiger partial charge in [-0.05, 0) is 43.4 Å².